The molecule has 2 aromatic rings. The van der Waals surface area contributed by atoms with E-state index in [0.29, 0.717) is 26.2 Å². The number of carbonyl (C=O) groups is 2. The van der Waals surface area contributed by atoms with E-state index in [0.717, 1.165) is 24.0 Å². The van der Waals surface area contributed by atoms with Crippen LogP contribution in [0.15, 0.2) is 60.7 Å². The summed E-state index contributed by atoms with van der Waals surface area (Å²) in [5.41, 5.74) is 2.03. The first-order chi connectivity index (χ1) is 12.7. The van der Waals surface area contributed by atoms with Crippen LogP contribution in [0.3, 0.4) is 0 Å². The summed E-state index contributed by atoms with van der Waals surface area (Å²) in [6.07, 6.45) is 1.69. The number of hydrogen-bond donors (Lipinski definition) is 0. The predicted molar refractivity (Wildman–Crippen MR) is 104 cm³/mol. The molecule has 0 heterocycles. The first-order valence-electron chi connectivity index (χ1n) is 9.31. The molecule has 0 saturated carbocycles. The van der Waals surface area contributed by atoms with Crippen LogP contribution in [0.4, 0.5) is 0 Å². The molecule has 0 fully saturated rings. The minimum absolute atomic E-state index is 0.402. The average molecular weight is 352 g/mol. The SMILES string of the molecule is CCCN(CCC)C(=O)C(=O)N(Cc1ccccc1)Cc1ccccc1. The van der Waals surface area contributed by atoms with Gasteiger partial charge < -0.3 is 9.80 Å². The maximum absolute atomic E-state index is 13.0. The lowest BCUT2D eigenvalue weighted by atomic mass is 10.1. The Hall–Kier alpha value is -2.62. The molecule has 2 aromatic carbocycles. The van der Waals surface area contributed by atoms with Crippen LogP contribution in [0.5, 0.6) is 0 Å². The summed E-state index contributed by atoms with van der Waals surface area (Å²) in [6, 6.07) is 19.6. The largest absolute Gasteiger partial charge is 0.334 e. The van der Waals surface area contributed by atoms with Gasteiger partial charge in [-0.25, -0.2) is 0 Å². The lowest BCUT2D eigenvalue weighted by Crippen LogP contribution is -2.45. The zero-order valence-electron chi connectivity index (χ0n) is 15.7. The molecule has 0 aliphatic carbocycles. The Balaban J connectivity index is 2.20. The zero-order chi connectivity index (χ0) is 18.8. The molecule has 2 rings (SSSR count). The fourth-order valence-corrected chi connectivity index (χ4v) is 2.93. The van der Waals surface area contributed by atoms with Crippen molar-refractivity contribution in [1.29, 1.82) is 0 Å². The van der Waals surface area contributed by atoms with E-state index >= 15 is 0 Å². The average Bonchev–Trinajstić information content (AvgIpc) is 2.68. The normalized spacial score (nSPS) is 10.4. The van der Waals surface area contributed by atoms with E-state index in [9.17, 15) is 9.59 Å². The highest BCUT2D eigenvalue weighted by Gasteiger charge is 2.26. The molecule has 0 atom stereocenters. The molecule has 2 amide bonds. The van der Waals surface area contributed by atoms with Crippen LogP contribution in [-0.2, 0) is 22.7 Å². The third-order valence-electron chi connectivity index (χ3n) is 4.18. The van der Waals surface area contributed by atoms with Crippen molar-refractivity contribution >= 4 is 11.8 Å². The van der Waals surface area contributed by atoms with E-state index in [-0.39, 0.29) is 0 Å². The Bertz CT molecular complexity index is 638. The van der Waals surface area contributed by atoms with Crippen molar-refractivity contribution in [3.8, 4) is 0 Å². The summed E-state index contributed by atoms with van der Waals surface area (Å²) >= 11 is 0. The Morgan fingerprint density at radius 2 is 1.04 bits per heavy atom. The number of benzene rings is 2. The number of carbonyl (C=O) groups excluding carboxylic acids is 2. The number of amides is 2. The second kappa shape index (κ2) is 10.4. The first kappa shape index (κ1) is 19.7. The fourth-order valence-electron chi connectivity index (χ4n) is 2.93. The molecule has 0 N–H and O–H groups in total. The highest BCUT2D eigenvalue weighted by molar-refractivity contribution is 6.34. The van der Waals surface area contributed by atoms with Crippen molar-refractivity contribution in [2.45, 2.75) is 39.8 Å². The van der Waals surface area contributed by atoms with Crippen molar-refractivity contribution < 1.29 is 9.59 Å². The van der Waals surface area contributed by atoms with Crippen molar-refractivity contribution in [3.63, 3.8) is 0 Å². The lowest BCUT2D eigenvalue weighted by Gasteiger charge is -2.27. The number of rotatable bonds is 8. The molecule has 0 aliphatic rings. The maximum Gasteiger partial charge on any atom is 0.312 e. The number of hydrogen-bond acceptors (Lipinski definition) is 2. The molecule has 0 radical (unpaired) electrons. The van der Waals surface area contributed by atoms with E-state index in [1.807, 2.05) is 74.5 Å². The van der Waals surface area contributed by atoms with Crippen molar-refractivity contribution in [1.82, 2.24) is 9.80 Å². The molecule has 0 unspecified atom stereocenters. The van der Waals surface area contributed by atoms with Crippen molar-refractivity contribution in [3.05, 3.63) is 71.8 Å². The third kappa shape index (κ3) is 5.73. The minimum atomic E-state index is -0.431. The highest BCUT2D eigenvalue weighted by atomic mass is 16.2. The van der Waals surface area contributed by atoms with Crippen LogP contribution in [-0.4, -0.2) is 34.7 Å². The lowest BCUT2D eigenvalue weighted by molar-refractivity contribution is -0.152. The van der Waals surface area contributed by atoms with E-state index in [1.54, 1.807) is 9.80 Å². The van der Waals surface area contributed by atoms with Crippen molar-refractivity contribution in [2.75, 3.05) is 13.1 Å². The van der Waals surface area contributed by atoms with Gasteiger partial charge in [0, 0.05) is 26.2 Å². The van der Waals surface area contributed by atoms with Gasteiger partial charge in [0.05, 0.1) is 0 Å². The molecule has 26 heavy (non-hydrogen) atoms. The summed E-state index contributed by atoms with van der Waals surface area (Å²) in [4.78, 5) is 29.1. The Morgan fingerprint density at radius 3 is 1.42 bits per heavy atom. The van der Waals surface area contributed by atoms with Crippen LogP contribution in [0, 0.1) is 0 Å². The van der Waals surface area contributed by atoms with Gasteiger partial charge in [0.15, 0.2) is 0 Å². The first-order valence-corrected chi connectivity index (χ1v) is 9.31. The highest BCUT2D eigenvalue weighted by Crippen LogP contribution is 2.12. The van der Waals surface area contributed by atoms with Crippen molar-refractivity contribution in [2.24, 2.45) is 0 Å². The van der Waals surface area contributed by atoms with E-state index in [4.69, 9.17) is 0 Å². The molecular weight excluding hydrogens is 324 g/mol. The second-order valence-corrected chi connectivity index (χ2v) is 6.42. The minimum Gasteiger partial charge on any atom is -0.334 e. The third-order valence-corrected chi connectivity index (χ3v) is 4.18. The van der Waals surface area contributed by atoms with Gasteiger partial charge in [0.2, 0.25) is 0 Å². The van der Waals surface area contributed by atoms with Gasteiger partial charge in [-0.15, -0.1) is 0 Å². The molecule has 0 saturated heterocycles. The van der Waals surface area contributed by atoms with E-state index < -0.39 is 11.8 Å². The molecular formula is C22H28N2O2. The summed E-state index contributed by atoms with van der Waals surface area (Å²) < 4.78 is 0. The Morgan fingerprint density at radius 1 is 0.654 bits per heavy atom. The standard InChI is InChI=1S/C22H28N2O2/c1-3-15-23(16-4-2)21(25)22(26)24(17-19-11-7-5-8-12-19)18-20-13-9-6-10-14-20/h5-14H,3-4,15-18H2,1-2H3. The quantitative estimate of drug-likeness (QED) is 0.677. The Kier molecular flexibility index (Phi) is 7.87. The van der Waals surface area contributed by atoms with Gasteiger partial charge in [-0.1, -0.05) is 74.5 Å². The molecule has 4 nitrogen and oxygen atoms in total. The summed E-state index contributed by atoms with van der Waals surface area (Å²) in [5.74, 6) is -0.833. The fraction of sp³-hybridized carbons (Fsp3) is 0.364. The van der Waals surface area contributed by atoms with Crippen LogP contribution in [0.1, 0.15) is 37.8 Å². The summed E-state index contributed by atoms with van der Waals surface area (Å²) in [5, 5.41) is 0. The van der Waals surface area contributed by atoms with Gasteiger partial charge in [-0.3, -0.25) is 9.59 Å². The summed E-state index contributed by atoms with van der Waals surface area (Å²) in [6.45, 7) is 6.11. The van der Waals surface area contributed by atoms with Crippen LogP contribution < -0.4 is 0 Å². The Labute approximate surface area is 156 Å². The van der Waals surface area contributed by atoms with Gasteiger partial charge in [-0.05, 0) is 24.0 Å². The smallest absolute Gasteiger partial charge is 0.312 e. The maximum atomic E-state index is 13.0. The van der Waals surface area contributed by atoms with Crippen LogP contribution in [0.2, 0.25) is 0 Å². The molecule has 0 bridgehead atoms. The van der Waals surface area contributed by atoms with Gasteiger partial charge in [0.25, 0.3) is 0 Å². The molecule has 0 aliphatic heterocycles. The van der Waals surface area contributed by atoms with Gasteiger partial charge in [0.1, 0.15) is 0 Å². The van der Waals surface area contributed by atoms with Crippen LogP contribution >= 0.6 is 0 Å². The molecule has 0 aromatic heterocycles. The topological polar surface area (TPSA) is 40.6 Å². The zero-order valence-corrected chi connectivity index (χ0v) is 15.7. The van der Waals surface area contributed by atoms with Gasteiger partial charge in [-0.2, -0.15) is 0 Å². The number of nitrogens with zero attached hydrogens (tertiary/aromatic N) is 2. The molecule has 138 valence electrons. The predicted octanol–water partition coefficient (Wildman–Crippen LogP) is 3.86. The van der Waals surface area contributed by atoms with E-state index in [2.05, 4.69) is 0 Å². The van der Waals surface area contributed by atoms with E-state index in [1.165, 1.54) is 0 Å². The second-order valence-electron chi connectivity index (χ2n) is 6.42. The summed E-state index contributed by atoms with van der Waals surface area (Å²) in [7, 11) is 0. The van der Waals surface area contributed by atoms with Gasteiger partial charge >= 0.3 is 11.8 Å². The van der Waals surface area contributed by atoms with Crippen LogP contribution in [0.25, 0.3) is 0 Å². The molecule has 4 heteroatoms. The molecule has 0 spiro atoms. The monoisotopic (exact) mass is 352 g/mol.